The molecule has 0 saturated carbocycles. The van der Waals surface area contributed by atoms with Crippen molar-refractivity contribution in [2.24, 2.45) is 0 Å². The van der Waals surface area contributed by atoms with Gasteiger partial charge >= 0.3 is 0 Å². The van der Waals surface area contributed by atoms with Crippen molar-refractivity contribution in [3.63, 3.8) is 0 Å². The Labute approximate surface area is 86.6 Å². The lowest BCUT2D eigenvalue weighted by Crippen LogP contribution is -2.20. The number of benzene rings is 2. The van der Waals surface area contributed by atoms with E-state index in [4.69, 9.17) is 0 Å². The Balaban J connectivity index is 2.56. The monoisotopic (exact) mass is 199 g/mol. The number of amides is 1. The molecule has 1 aliphatic rings. The molecule has 15 heavy (non-hydrogen) atoms. The molecule has 2 aromatic rings. The van der Waals surface area contributed by atoms with Gasteiger partial charge in [0, 0.05) is 17.8 Å². The molecule has 1 N–H and O–H groups in total. The Morgan fingerprint density at radius 1 is 1.20 bits per heavy atom. The van der Waals surface area contributed by atoms with Gasteiger partial charge in [-0.3, -0.25) is 4.79 Å². The molecule has 0 atom stereocenters. The summed E-state index contributed by atoms with van der Waals surface area (Å²) in [5, 5.41) is 11.3. The zero-order valence-electron chi connectivity index (χ0n) is 8.19. The molecule has 0 unspecified atom stereocenters. The van der Waals surface area contributed by atoms with Gasteiger partial charge in [0.1, 0.15) is 5.75 Å². The van der Waals surface area contributed by atoms with Gasteiger partial charge in [-0.1, -0.05) is 12.1 Å². The van der Waals surface area contributed by atoms with Gasteiger partial charge in [-0.25, -0.2) is 0 Å². The Bertz CT molecular complexity index is 589. The van der Waals surface area contributed by atoms with E-state index in [1.165, 1.54) is 0 Å². The average Bonchev–Trinajstić information content (AvgIpc) is 2.50. The summed E-state index contributed by atoms with van der Waals surface area (Å²) in [7, 11) is 1.74. The smallest absolute Gasteiger partial charge is 0.258 e. The fourth-order valence-electron chi connectivity index (χ4n) is 2.12. The standard InChI is InChI=1S/C12H9NO2/c1-13-9-4-2-3-7-10(14)6-5-8(11(7)9)12(13)15/h2-6,14H,1H3. The van der Waals surface area contributed by atoms with Crippen LogP contribution in [0.3, 0.4) is 0 Å². The zero-order valence-corrected chi connectivity index (χ0v) is 8.19. The summed E-state index contributed by atoms with van der Waals surface area (Å²) in [6, 6.07) is 8.79. The van der Waals surface area contributed by atoms with E-state index < -0.39 is 0 Å². The van der Waals surface area contributed by atoms with E-state index in [-0.39, 0.29) is 11.7 Å². The molecule has 0 radical (unpaired) electrons. The van der Waals surface area contributed by atoms with Crippen molar-refractivity contribution in [3.8, 4) is 5.75 Å². The third-order valence-corrected chi connectivity index (χ3v) is 2.89. The number of phenols is 1. The van der Waals surface area contributed by atoms with Crippen molar-refractivity contribution >= 4 is 22.4 Å². The summed E-state index contributed by atoms with van der Waals surface area (Å²) >= 11 is 0. The van der Waals surface area contributed by atoms with E-state index in [2.05, 4.69) is 0 Å². The van der Waals surface area contributed by atoms with Crippen LogP contribution in [0.25, 0.3) is 10.8 Å². The number of phenolic OH excluding ortho intramolecular Hbond substituents is 1. The molecular formula is C12H9NO2. The minimum absolute atomic E-state index is 0.0128. The van der Waals surface area contributed by atoms with E-state index >= 15 is 0 Å². The molecule has 1 aliphatic heterocycles. The molecule has 74 valence electrons. The van der Waals surface area contributed by atoms with Crippen LogP contribution in [0.5, 0.6) is 5.75 Å². The molecule has 1 amide bonds. The van der Waals surface area contributed by atoms with Crippen LogP contribution in [-0.4, -0.2) is 18.1 Å². The second-order valence-corrected chi connectivity index (χ2v) is 3.70. The highest BCUT2D eigenvalue weighted by molar-refractivity contribution is 6.25. The summed E-state index contributed by atoms with van der Waals surface area (Å²) < 4.78 is 0. The summed E-state index contributed by atoms with van der Waals surface area (Å²) in [4.78, 5) is 13.4. The van der Waals surface area contributed by atoms with Crippen molar-refractivity contribution in [3.05, 3.63) is 35.9 Å². The Morgan fingerprint density at radius 3 is 2.80 bits per heavy atom. The van der Waals surface area contributed by atoms with Crippen LogP contribution in [0.1, 0.15) is 10.4 Å². The normalized spacial score (nSPS) is 13.9. The fraction of sp³-hybridized carbons (Fsp3) is 0.0833. The lowest BCUT2D eigenvalue weighted by Gasteiger charge is -2.09. The predicted molar refractivity (Wildman–Crippen MR) is 58.3 cm³/mol. The molecule has 0 aliphatic carbocycles. The first-order valence-electron chi connectivity index (χ1n) is 4.73. The quantitative estimate of drug-likeness (QED) is 0.706. The van der Waals surface area contributed by atoms with Crippen LogP contribution in [0.15, 0.2) is 30.3 Å². The first kappa shape index (κ1) is 8.29. The maximum absolute atomic E-state index is 11.8. The minimum atomic E-state index is -0.0128. The molecule has 3 rings (SSSR count). The van der Waals surface area contributed by atoms with Gasteiger partial charge in [0.05, 0.1) is 11.3 Å². The largest absolute Gasteiger partial charge is 0.507 e. The average molecular weight is 199 g/mol. The minimum Gasteiger partial charge on any atom is -0.507 e. The van der Waals surface area contributed by atoms with Crippen LogP contribution in [0, 0.1) is 0 Å². The van der Waals surface area contributed by atoms with Crippen LogP contribution < -0.4 is 4.90 Å². The van der Waals surface area contributed by atoms with Gasteiger partial charge < -0.3 is 10.0 Å². The second kappa shape index (κ2) is 2.51. The first-order valence-corrected chi connectivity index (χ1v) is 4.73. The van der Waals surface area contributed by atoms with E-state index in [0.717, 1.165) is 16.5 Å². The van der Waals surface area contributed by atoms with Crippen LogP contribution in [0.2, 0.25) is 0 Å². The van der Waals surface area contributed by atoms with E-state index in [0.29, 0.717) is 5.56 Å². The van der Waals surface area contributed by atoms with Crippen molar-refractivity contribution in [1.82, 2.24) is 0 Å². The van der Waals surface area contributed by atoms with Gasteiger partial charge in [0.2, 0.25) is 0 Å². The number of hydrogen-bond donors (Lipinski definition) is 1. The van der Waals surface area contributed by atoms with Gasteiger partial charge in [-0.2, -0.15) is 0 Å². The summed E-state index contributed by atoms with van der Waals surface area (Å²) in [5.41, 5.74) is 1.53. The second-order valence-electron chi connectivity index (χ2n) is 3.70. The molecule has 2 aromatic carbocycles. The fourth-order valence-corrected chi connectivity index (χ4v) is 2.12. The van der Waals surface area contributed by atoms with E-state index in [9.17, 15) is 9.90 Å². The van der Waals surface area contributed by atoms with Gasteiger partial charge in [0.25, 0.3) is 5.91 Å². The molecule has 0 spiro atoms. The lowest BCUT2D eigenvalue weighted by atomic mass is 10.0. The number of rotatable bonds is 0. The Kier molecular flexibility index (Phi) is 1.39. The van der Waals surface area contributed by atoms with Crippen molar-refractivity contribution in [2.45, 2.75) is 0 Å². The van der Waals surface area contributed by atoms with Crippen LogP contribution in [-0.2, 0) is 0 Å². The maximum atomic E-state index is 11.8. The number of hydrogen-bond acceptors (Lipinski definition) is 2. The van der Waals surface area contributed by atoms with Crippen molar-refractivity contribution in [2.75, 3.05) is 11.9 Å². The first-order chi connectivity index (χ1) is 7.20. The molecule has 0 fully saturated rings. The highest BCUT2D eigenvalue weighted by Gasteiger charge is 2.27. The number of nitrogens with zero attached hydrogens (tertiary/aromatic N) is 1. The lowest BCUT2D eigenvalue weighted by molar-refractivity contribution is 0.0999. The Morgan fingerprint density at radius 2 is 2.00 bits per heavy atom. The summed E-state index contributed by atoms with van der Waals surface area (Å²) in [6.45, 7) is 0. The van der Waals surface area contributed by atoms with E-state index in [1.54, 1.807) is 24.1 Å². The number of anilines is 1. The number of aromatic hydroxyl groups is 1. The third kappa shape index (κ3) is 0.871. The van der Waals surface area contributed by atoms with E-state index in [1.807, 2.05) is 18.2 Å². The molecule has 0 saturated heterocycles. The molecular weight excluding hydrogens is 190 g/mol. The van der Waals surface area contributed by atoms with Crippen LogP contribution in [0.4, 0.5) is 5.69 Å². The van der Waals surface area contributed by atoms with Gasteiger partial charge in [0.15, 0.2) is 0 Å². The third-order valence-electron chi connectivity index (χ3n) is 2.89. The van der Waals surface area contributed by atoms with Gasteiger partial charge in [-0.15, -0.1) is 0 Å². The maximum Gasteiger partial charge on any atom is 0.258 e. The van der Waals surface area contributed by atoms with Crippen LogP contribution >= 0.6 is 0 Å². The number of carbonyl (C=O) groups excluding carboxylic acids is 1. The summed E-state index contributed by atoms with van der Waals surface area (Å²) in [5.74, 6) is 0.208. The van der Waals surface area contributed by atoms with Gasteiger partial charge in [-0.05, 0) is 18.2 Å². The SMILES string of the molecule is CN1C(=O)c2ccc(O)c3cccc1c23. The molecule has 3 nitrogen and oxygen atoms in total. The molecule has 0 aromatic heterocycles. The highest BCUT2D eigenvalue weighted by Crippen LogP contribution is 2.39. The topological polar surface area (TPSA) is 40.5 Å². The summed E-state index contributed by atoms with van der Waals surface area (Å²) in [6.07, 6.45) is 0. The zero-order chi connectivity index (χ0) is 10.6. The molecule has 0 bridgehead atoms. The molecule has 3 heteroatoms. The molecule has 1 heterocycles. The highest BCUT2D eigenvalue weighted by atomic mass is 16.3. The van der Waals surface area contributed by atoms with Crippen molar-refractivity contribution in [1.29, 1.82) is 0 Å². The Hall–Kier alpha value is -2.03. The van der Waals surface area contributed by atoms with Crippen molar-refractivity contribution < 1.29 is 9.90 Å². The predicted octanol–water partition coefficient (Wildman–Crippen LogP) is 2.14. The number of carbonyl (C=O) groups is 1.